The summed E-state index contributed by atoms with van der Waals surface area (Å²) in [4.78, 5) is 0. The van der Waals surface area contributed by atoms with Crippen LogP contribution < -0.4 is 5.32 Å². The number of hydrogen-bond acceptors (Lipinski definition) is 3. The fourth-order valence-electron chi connectivity index (χ4n) is 2.79. The van der Waals surface area contributed by atoms with Crippen LogP contribution in [0.4, 0.5) is 13.2 Å². The number of nitrogens with one attached hydrogen (secondary N) is 1. The molecule has 2 rings (SSSR count). The molecule has 20 heavy (non-hydrogen) atoms. The third-order valence-corrected chi connectivity index (χ3v) is 3.79. The standard InChI is InChI=1S/C14H20F3NO2/c1-19-9-12(13-6-3-7-20-13)18-11-5-2-4-10(8-11)14(15,16)17/h3,6-7,10-12,18H,2,4-5,8-9H2,1H3/t10-,11-,12+/m1/s1. The lowest BCUT2D eigenvalue weighted by atomic mass is 9.85. The van der Waals surface area contributed by atoms with Crippen molar-refractivity contribution in [2.75, 3.05) is 13.7 Å². The molecular weight excluding hydrogens is 271 g/mol. The first kappa shape index (κ1) is 15.4. The molecule has 114 valence electrons. The summed E-state index contributed by atoms with van der Waals surface area (Å²) in [5.74, 6) is -0.505. The predicted molar refractivity (Wildman–Crippen MR) is 68.3 cm³/mol. The molecule has 0 aromatic carbocycles. The lowest BCUT2D eigenvalue weighted by Crippen LogP contribution is -2.41. The minimum absolute atomic E-state index is 0.129. The van der Waals surface area contributed by atoms with Gasteiger partial charge in [0.25, 0.3) is 0 Å². The van der Waals surface area contributed by atoms with E-state index in [9.17, 15) is 13.2 Å². The maximum absolute atomic E-state index is 12.8. The molecule has 1 N–H and O–H groups in total. The first-order valence-corrected chi connectivity index (χ1v) is 6.85. The third kappa shape index (κ3) is 3.99. The van der Waals surface area contributed by atoms with Crippen LogP contribution in [0.1, 0.15) is 37.5 Å². The zero-order valence-electron chi connectivity index (χ0n) is 11.5. The van der Waals surface area contributed by atoms with Gasteiger partial charge < -0.3 is 14.5 Å². The highest BCUT2D eigenvalue weighted by Crippen LogP contribution is 2.38. The highest BCUT2D eigenvalue weighted by atomic mass is 19.4. The van der Waals surface area contributed by atoms with Gasteiger partial charge in [0.15, 0.2) is 0 Å². The second-order valence-corrected chi connectivity index (χ2v) is 5.29. The van der Waals surface area contributed by atoms with Crippen LogP contribution in [-0.4, -0.2) is 25.9 Å². The fraction of sp³-hybridized carbons (Fsp3) is 0.714. The molecule has 0 saturated heterocycles. The predicted octanol–water partition coefficient (Wildman–Crippen LogP) is 3.68. The monoisotopic (exact) mass is 291 g/mol. The Labute approximate surface area is 116 Å². The highest BCUT2D eigenvalue weighted by Gasteiger charge is 2.42. The minimum Gasteiger partial charge on any atom is -0.468 e. The van der Waals surface area contributed by atoms with Crippen LogP contribution in [0.25, 0.3) is 0 Å². The second kappa shape index (κ2) is 6.63. The molecule has 1 aromatic rings. The molecule has 0 amide bonds. The Hall–Kier alpha value is -1.01. The summed E-state index contributed by atoms with van der Waals surface area (Å²) < 4.78 is 48.8. The van der Waals surface area contributed by atoms with E-state index in [-0.39, 0.29) is 24.9 Å². The highest BCUT2D eigenvalue weighted by molar-refractivity contribution is 5.05. The van der Waals surface area contributed by atoms with Crippen molar-refractivity contribution in [1.29, 1.82) is 0 Å². The molecule has 0 aliphatic heterocycles. The Morgan fingerprint density at radius 3 is 2.85 bits per heavy atom. The summed E-state index contributed by atoms with van der Waals surface area (Å²) in [6, 6.07) is 3.22. The van der Waals surface area contributed by atoms with Crippen LogP contribution in [0, 0.1) is 5.92 Å². The van der Waals surface area contributed by atoms with E-state index in [1.54, 1.807) is 25.5 Å². The quantitative estimate of drug-likeness (QED) is 0.898. The average molecular weight is 291 g/mol. The van der Waals surface area contributed by atoms with Gasteiger partial charge >= 0.3 is 6.18 Å². The Bertz CT molecular complexity index is 392. The van der Waals surface area contributed by atoms with Crippen molar-refractivity contribution < 1.29 is 22.3 Å². The summed E-state index contributed by atoms with van der Waals surface area (Å²) >= 11 is 0. The first-order valence-electron chi connectivity index (χ1n) is 6.85. The van der Waals surface area contributed by atoms with Crippen LogP contribution >= 0.6 is 0 Å². The number of rotatable bonds is 5. The molecule has 0 unspecified atom stereocenters. The molecule has 1 aliphatic rings. The lowest BCUT2D eigenvalue weighted by Gasteiger charge is -2.33. The number of methoxy groups -OCH3 is 1. The molecule has 1 heterocycles. The topological polar surface area (TPSA) is 34.4 Å². The van der Waals surface area contributed by atoms with Gasteiger partial charge in [0, 0.05) is 13.2 Å². The summed E-state index contributed by atoms with van der Waals surface area (Å²) in [6.45, 7) is 0.376. The molecule has 1 aromatic heterocycles. The smallest absolute Gasteiger partial charge is 0.391 e. The van der Waals surface area contributed by atoms with Crippen molar-refractivity contribution >= 4 is 0 Å². The van der Waals surface area contributed by atoms with E-state index < -0.39 is 12.1 Å². The van der Waals surface area contributed by atoms with E-state index in [2.05, 4.69) is 5.32 Å². The molecule has 6 heteroatoms. The van der Waals surface area contributed by atoms with Crippen LogP contribution in [0.5, 0.6) is 0 Å². The normalized spacial score (nSPS) is 25.6. The Kier molecular flexibility index (Phi) is 5.10. The number of halogens is 3. The SMILES string of the molecule is COC[C@H](N[C@@H]1CCC[C@@H](C(F)(F)F)C1)c1ccco1. The molecular formula is C14H20F3NO2. The lowest BCUT2D eigenvalue weighted by molar-refractivity contribution is -0.184. The van der Waals surface area contributed by atoms with E-state index >= 15 is 0 Å². The number of ether oxygens (including phenoxy) is 1. The van der Waals surface area contributed by atoms with Crippen molar-refractivity contribution in [3.05, 3.63) is 24.2 Å². The van der Waals surface area contributed by atoms with Crippen molar-refractivity contribution in [1.82, 2.24) is 5.32 Å². The molecule has 0 radical (unpaired) electrons. The molecule has 0 spiro atoms. The Morgan fingerprint density at radius 1 is 1.45 bits per heavy atom. The zero-order chi connectivity index (χ0) is 14.6. The maximum Gasteiger partial charge on any atom is 0.391 e. The van der Waals surface area contributed by atoms with Crippen LogP contribution in [0.2, 0.25) is 0 Å². The van der Waals surface area contributed by atoms with Crippen LogP contribution in [0.15, 0.2) is 22.8 Å². The number of hydrogen-bond donors (Lipinski definition) is 1. The van der Waals surface area contributed by atoms with E-state index in [0.29, 0.717) is 18.8 Å². The van der Waals surface area contributed by atoms with Crippen molar-refractivity contribution in [2.45, 2.75) is 43.9 Å². The van der Waals surface area contributed by atoms with Crippen molar-refractivity contribution in [3.8, 4) is 0 Å². The van der Waals surface area contributed by atoms with Gasteiger partial charge in [-0.1, -0.05) is 6.42 Å². The van der Waals surface area contributed by atoms with E-state index in [1.165, 1.54) is 0 Å². The van der Waals surface area contributed by atoms with Gasteiger partial charge in [0.2, 0.25) is 0 Å². The van der Waals surface area contributed by atoms with Gasteiger partial charge in [-0.05, 0) is 31.4 Å². The van der Waals surface area contributed by atoms with Crippen LogP contribution in [0.3, 0.4) is 0 Å². The number of furan rings is 1. The molecule has 0 bridgehead atoms. The number of alkyl halides is 3. The maximum atomic E-state index is 12.8. The van der Waals surface area contributed by atoms with E-state index in [4.69, 9.17) is 9.15 Å². The zero-order valence-corrected chi connectivity index (χ0v) is 11.5. The van der Waals surface area contributed by atoms with Gasteiger partial charge in [0.1, 0.15) is 5.76 Å². The first-order chi connectivity index (χ1) is 9.50. The van der Waals surface area contributed by atoms with Gasteiger partial charge in [-0.3, -0.25) is 0 Å². The summed E-state index contributed by atoms with van der Waals surface area (Å²) in [5, 5.41) is 3.24. The van der Waals surface area contributed by atoms with E-state index in [0.717, 1.165) is 6.42 Å². The van der Waals surface area contributed by atoms with Gasteiger partial charge in [-0.15, -0.1) is 0 Å². The van der Waals surface area contributed by atoms with Crippen LogP contribution in [-0.2, 0) is 4.74 Å². The Balaban J connectivity index is 1.96. The van der Waals surface area contributed by atoms with E-state index in [1.807, 2.05) is 0 Å². The fourth-order valence-corrected chi connectivity index (χ4v) is 2.79. The molecule has 3 nitrogen and oxygen atoms in total. The molecule has 3 atom stereocenters. The molecule has 1 saturated carbocycles. The molecule has 1 aliphatic carbocycles. The van der Waals surface area contributed by atoms with Crippen molar-refractivity contribution in [3.63, 3.8) is 0 Å². The second-order valence-electron chi connectivity index (χ2n) is 5.29. The summed E-state index contributed by atoms with van der Waals surface area (Å²) in [6.07, 6.45) is -0.824. The van der Waals surface area contributed by atoms with Gasteiger partial charge in [-0.2, -0.15) is 13.2 Å². The minimum atomic E-state index is -4.10. The third-order valence-electron chi connectivity index (χ3n) is 3.79. The van der Waals surface area contributed by atoms with Crippen molar-refractivity contribution in [2.24, 2.45) is 5.92 Å². The summed E-state index contributed by atoms with van der Waals surface area (Å²) in [7, 11) is 1.57. The van der Waals surface area contributed by atoms with Gasteiger partial charge in [0.05, 0.1) is 24.8 Å². The van der Waals surface area contributed by atoms with Gasteiger partial charge in [-0.25, -0.2) is 0 Å². The largest absolute Gasteiger partial charge is 0.468 e. The Morgan fingerprint density at radius 2 is 2.25 bits per heavy atom. The summed E-state index contributed by atoms with van der Waals surface area (Å²) in [5.41, 5.74) is 0. The molecule has 1 fully saturated rings. The average Bonchev–Trinajstić information content (AvgIpc) is 2.91.